The van der Waals surface area contributed by atoms with E-state index in [-0.39, 0.29) is 11.8 Å². The molecule has 3 N–H and O–H groups in total. The van der Waals surface area contributed by atoms with Gasteiger partial charge in [0.2, 0.25) is 11.8 Å². The summed E-state index contributed by atoms with van der Waals surface area (Å²) < 4.78 is 18.5. The van der Waals surface area contributed by atoms with Gasteiger partial charge >= 0.3 is 0 Å². The number of rotatable bonds is 10. The molecule has 0 unspecified atom stereocenters. The summed E-state index contributed by atoms with van der Waals surface area (Å²) in [4.78, 5) is 16.8. The minimum atomic E-state index is -1.27. The number of nitrogens with zero attached hydrogens (tertiary/aromatic N) is 7. The topological polar surface area (TPSA) is 173 Å². The Balaban J connectivity index is 1.54. The van der Waals surface area contributed by atoms with Gasteiger partial charge in [0.25, 0.3) is 0 Å². The molecule has 1 saturated heterocycles. The van der Waals surface area contributed by atoms with Crippen molar-refractivity contribution >= 4 is 17.1 Å². The fourth-order valence-corrected chi connectivity index (χ4v) is 5.69. The number of hydrogen-bond acceptors (Lipinski definition) is 10. The Morgan fingerprint density at radius 3 is 2.16 bits per heavy atom. The largest absolute Gasteiger partial charge is 0.497 e. The standard InChI is InChI=1S/C31H30N8O5/c1-42-22-15-13-21(14-16-22)31(19-9-5-3-6-10-19,20-11-7-4-8-12-20)36-30-34-27-25(28(35-30)43-2)33-18-39(27)29-26(41)24(37-38-32)23(17-40)44-29/h3-16,18,23-24,26,29,40-41H,17H2,1-2H3,(H,34,35,36)/t23-,24-,26-,29-/m1/s1. The number of aliphatic hydroxyl groups excluding tert-OH is 2. The molecule has 4 atom stereocenters. The Morgan fingerprint density at radius 1 is 0.955 bits per heavy atom. The van der Waals surface area contributed by atoms with Crippen molar-refractivity contribution in [3.05, 3.63) is 118 Å². The van der Waals surface area contributed by atoms with Crippen molar-refractivity contribution in [2.24, 2.45) is 5.11 Å². The van der Waals surface area contributed by atoms with Gasteiger partial charge in [0, 0.05) is 4.91 Å². The van der Waals surface area contributed by atoms with E-state index >= 15 is 0 Å². The van der Waals surface area contributed by atoms with Gasteiger partial charge in [0.1, 0.15) is 17.4 Å². The molecule has 2 aromatic heterocycles. The van der Waals surface area contributed by atoms with Crippen LogP contribution in [0, 0.1) is 0 Å². The summed E-state index contributed by atoms with van der Waals surface area (Å²) in [6.07, 6.45) is -1.79. The molecule has 0 aliphatic carbocycles. The fraction of sp³-hybridized carbons (Fsp3) is 0.258. The van der Waals surface area contributed by atoms with Crippen LogP contribution in [0.2, 0.25) is 0 Å². The Morgan fingerprint density at radius 2 is 1.59 bits per heavy atom. The number of fused-ring (bicyclic) bond motifs is 1. The summed E-state index contributed by atoms with van der Waals surface area (Å²) in [6, 6.07) is 26.6. The Labute approximate surface area is 252 Å². The average Bonchev–Trinajstić information content (AvgIpc) is 3.64. The van der Waals surface area contributed by atoms with Crippen LogP contribution in [0.3, 0.4) is 0 Å². The average molecular weight is 595 g/mol. The van der Waals surface area contributed by atoms with Crippen molar-refractivity contribution in [2.75, 3.05) is 26.1 Å². The van der Waals surface area contributed by atoms with E-state index in [1.54, 1.807) is 7.11 Å². The normalized spacial score (nSPS) is 19.8. The highest BCUT2D eigenvalue weighted by Gasteiger charge is 2.45. The summed E-state index contributed by atoms with van der Waals surface area (Å²) in [5.74, 6) is 1.11. The summed E-state index contributed by atoms with van der Waals surface area (Å²) >= 11 is 0. The Bertz CT molecular complexity index is 1740. The number of aliphatic hydroxyl groups is 2. The third-order valence-electron chi connectivity index (χ3n) is 7.80. The third kappa shape index (κ3) is 4.93. The van der Waals surface area contributed by atoms with Crippen LogP contribution >= 0.6 is 0 Å². The number of hydrogen-bond donors (Lipinski definition) is 3. The molecule has 0 amide bonds. The first-order valence-electron chi connectivity index (χ1n) is 13.8. The van der Waals surface area contributed by atoms with Crippen LogP contribution in [0.1, 0.15) is 22.9 Å². The van der Waals surface area contributed by atoms with Gasteiger partial charge < -0.3 is 29.7 Å². The predicted molar refractivity (Wildman–Crippen MR) is 161 cm³/mol. The number of ether oxygens (including phenoxy) is 3. The first kappa shape index (κ1) is 28.9. The molecule has 0 radical (unpaired) electrons. The molecule has 0 saturated carbocycles. The molecule has 13 heteroatoms. The van der Waals surface area contributed by atoms with E-state index in [0.29, 0.717) is 16.9 Å². The van der Waals surface area contributed by atoms with Crippen molar-refractivity contribution in [3.8, 4) is 11.6 Å². The van der Waals surface area contributed by atoms with E-state index in [2.05, 4.69) is 20.3 Å². The monoisotopic (exact) mass is 594 g/mol. The molecule has 3 aromatic carbocycles. The highest BCUT2D eigenvalue weighted by atomic mass is 16.5. The zero-order chi connectivity index (χ0) is 30.7. The van der Waals surface area contributed by atoms with E-state index in [4.69, 9.17) is 29.7 Å². The smallest absolute Gasteiger partial charge is 0.246 e. The molecule has 13 nitrogen and oxygen atoms in total. The van der Waals surface area contributed by atoms with Crippen molar-refractivity contribution < 1.29 is 24.4 Å². The van der Waals surface area contributed by atoms with Crippen molar-refractivity contribution in [2.45, 2.75) is 30.0 Å². The molecule has 3 heterocycles. The molecule has 224 valence electrons. The quantitative estimate of drug-likeness (QED) is 0.0928. The van der Waals surface area contributed by atoms with E-state index in [0.717, 1.165) is 16.7 Å². The number of methoxy groups -OCH3 is 2. The summed E-state index contributed by atoms with van der Waals surface area (Å²) in [7, 11) is 3.10. The second-order valence-corrected chi connectivity index (χ2v) is 10.1. The van der Waals surface area contributed by atoms with Crippen molar-refractivity contribution in [1.82, 2.24) is 19.5 Å². The third-order valence-corrected chi connectivity index (χ3v) is 7.80. The zero-order valence-electron chi connectivity index (χ0n) is 23.9. The number of nitrogens with one attached hydrogen (secondary N) is 1. The van der Waals surface area contributed by atoms with Gasteiger partial charge in [-0.25, -0.2) is 4.98 Å². The van der Waals surface area contributed by atoms with E-state index in [1.807, 2.05) is 84.9 Å². The maximum atomic E-state index is 11.0. The second-order valence-electron chi connectivity index (χ2n) is 10.1. The molecule has 5 aromatic rings. The molecule has 6 rings (SSSR count). The van der Waals surface area contributed by atoms with E-state index in [1.165, 1.54) is 18.0 Å². The summed E-state index contributed by atoms with van der Waals surface area (Å²) in [5.41, 5.74) is 11.4. The highest BCUT2D eigenvalue weighted by Crippen LogP contribution is 2.41. The van der Waals surface area contributed by atoms with Gasteiger partial charge in [-0.3, -0.25) is 4.57 Å². The molecular weight excluding hydrogens is 564 g/mol. The minimum Gasteiger partial charge on any atom is -0.497 e. The molecule has 0 spiro atoms. The van der Waals surface area contributed by atoms with Gasteiger partial charge in [-0.2, -0.15) is 9.97 Å². The summed E-state index contributed by atoms with van der Waals surface area (Å²) in [5, 5.41) is 28.1. The van der Waals surface area contributed by atoms with Crippen molar-refractivity contribution in [3.63, 3.8) is 0 Å². The van der Waals surface area contributed by atoms with Gasteiger partial charge in [-0.05, 0) is 34.4 Å². The Kier molecular flexibility index (Phi) is 8.01. The zero-order valence-corrected chi connectivity index (χ0v) is 23.9. The molecule has 0 bridgehead atoms. The van der Waals surface area contributed by atoms with Gasteiger partial charge in [-0.1, -0.05) is 77.9 Å². The minimum absolute atomic E-state index is 0.193. The fourth-order valence-electron chi connectivity index (χ4n) is 5.69. The summed E-state index contributed by atoms with van der Waals surface area (Å²) in [6.45, 7) is -0.451. The molecular formula is C31H30N8O5. The lowest BCUT2D eigenvalue weighted by Crippen LogP contribution is -2.38. The number of anilines is 1. The molecule has 1 aliphatic heterocycles. The van der Waals surface area contributed by atoms with Crippen molar-refractivity contribution in [1.29, 1.82) is 0 Å². The van der Waals surface area contributed by atoms with Gasteiger partial charge in [-0.15, -0.1) is 0 Å². The predicted octanol–water partition coefficient (Wildman–Crippen LogP) is 4.18. The van der Waals surface area contributed by atoms with Gasteiger partial charge in [0.15, 0.2) is 17.4 Å². The number of imidazole rings is 1. The lowest BCUT2D eigenvalue weighted by Gasteiger charge is -2.37. The number of azide groups is 1. The SMILES string of the molecule is COc1ccc(C(Nc2nc(OC)c3ncn([C@@H]4O[C@H](CO)[C@@H](N=[N+]=[N-])[C@H]4O)c3n2)(c2ccccc2)c2ccccc2)cc1. The van der Waals surface area contributed by atoms with Gasteiger partial charge in [0.05, 0.1) is 39.3 Å². The maximum Gasteiger partial charge on any atom is 0.246 e. The van der Waals surface area contributed by atoms with Crippen LogP contribution < -0.4 is 14.8 Å². The molecule has 1 fully saturated rings. The van der Waals surface area contributed by atoms with Crippen LogP contribution in [-0.2, 0) is 10.3 Å². The lowest BCUT2D eigenvalue weighted by atomic mass is 9.77. The molecule has 44 heavy (non-hydrogen) atoms. The Hall–Kier alpha value is -5.20. The second kappa shape index (κ2) is 12.2. The van der Waals surface area contributed by atoms with Crippen LogP contribution in [0.4, 0.5) is 5.95 Å². The lowest BCUT2D eigenvalue weighted by molar-refractivity contribution is -0.0488. The van der Waals surface area contributed by atoms with Crippen LogP contribution in [0.15, 0.2) is 96.4 Å². The van der Waals surface area contributed by atoms with Crippen LogP contribution in [0.25, 0.3) is 21.6 Å². The highest BCUT2D eigenvalue weighted by molar-refractivity contribution is 5.78. The number of aromatic nitrogens is 4. The first-order chi connectivity index (χ1) is 21.5. The number of benzene rings is 3. The van der Waals surface area contributed by atoms with E-state index < -0.39 is 36.6 Å². The molecule has 1 aliphatic rings. The first-order valence-corrected chi connectivity index (χ1v) is 13.8. The van der Waals surface area contributed by atoms with Crippen LogP contribution in [-0.4, -0.2) is 68.8 Å². The van der Waals surface area contributed by atoms with E-state index in [9.17, 15) is 10.2 Å². The maximum absolute atomic E-state index is 11.0. The van der Waals surface area contributed by atoms with Crippen LogP contribution in [0.5, 0.6) is 11.6 Å².